The maximum Gasteiger partial charge on any atom is 0.107 e. The first kappa shape index (κ1) is 13.9. The van der Waals surface area contributed by atoms with Crippen LogP contribution in [-0.2, 0) is 14.2 Å². The molecule has 0 N–H and O–H groups in total. The summed E-state index contributed by atoms with van der Waals surface area (Å²) in [4.78, 5) is 0. The van der Waals surface area contributed by atoms with Crippen LogP contribution in [0.15, 0.2) is 0 Å². The molecular formula is C13H26O3. The van der Waals surface area contributed by atoms with Gasteiger partial charge in [-0.1, -0.05) is 0 Å². The second-order valence-electron chi connectivity index (χ2n) is 6.39. The highest BCUT2D eigenvalue weighted by Gasteiger charge is 2.33. The number of hydrogen-bond donors (Lipinski definition) is 0. The van der Waals surface area contributed by atoms with Crippen LogP contribution in [0.25, 0.3) is 0 Å². The molecule has 3 heteroatoms. The lowest BCUT2D eigenvalue weighted by Crippen LogP contribution is -2.37. The Kier molecular flexibility index (Phi) is 4.38. The highest BCUT2D eigenvalue weighted by Crippen LogP contribution is 2.24. The molecular weight excluding hydrogens is 204 g/mol. The van der Waals surface area contributed by atoms with E-state index in [-0.39, 0.29) is 23.4 Å². The van der Waals surface area contributed by atoms with Gasteiger partial charge >= 0.3 is 0 Å². The molecule has 0 aromatic rings. The van der Waals surface area contributed by atoms with Gasteiger partial charge in [-0.2, -0.15) is 0 Å². The molecule has 0 radical (unpaired) electrons. The molecule has 16 heavy (non-hydrogen) atoms. The molecule has 0 saturated carbocycles. The number of ether oxygens (including phenoxy) is 3. The zero-order valence-electron chi connectivity index (χ0n) is 11.5. The molecule has 1 saturated heterocycles. The summed E-state index contributed by atoms with van der Waals surface area (Å²) in [6.45, 7) is 13.8. The van der Waals surface area contributed by atoms with Gasteiger partial charge in [0, 0.05) is 6.61 Å². The van der Waals surface area contributed by atoms with Crippen molar-refractivity contribution in [3.8, 4) is 0 Å². The van der Waals surface area contributed by atoms with Gasteiger partial charge in [0.2, 0.25) is 0 Å². The van der Waals surface area contributed by atoms with Gasteiger partial charge in [-0.3, -0.25) is 0 Å². The molecule has 0 bridgehead atoms. The molecule has 96 valence electrons. The van der Waals surface area contributed by atoms with E-state index in [9.17, 15) is 0 Å². The van der Waals surface area contributed by atoms with Crippen LogP contribution in [0.1, 0.15) is 48.0 Å². The molecule has 0 aliphatic carbocycles. The van der Waals surface area contributed by atoms with E-state index in [1.807, 2.05) is 0 Å². The predicted molar refractivity (Wildman–Crippen MR) is 64.7 cm³/mol. The van der Waals surface area contributed by atoms with Gasteiger partial charge in [0.25, 0.3) is 0 Å². The largest absolute Gasteiger partial charge is 0.373 e. The third-order valence-electron chi connectivity index (χ3n) is 2.33. The van der Waals surface area contributed by atoms with E-state index in [0.29, 0.717) is 6.61 Å². The van der Waals surface area contributed by atoms with Crippen molar-refractivity contribution in [1.29, 1.82) is 0 Å². The third kappa shape index (κ3) is 5.28. The Hall–Kier alpha value is -0.120. The minimum absolute atomic E-state index is 0.0819. The monoisotopic (exact) mass is 230 g/mol. The maximum absolute atomic E-state index is 5.97. The Bertz CT molecular complexity index is 212. The van der Waals surface area contributed by atoms with Crippen molar-refractivity contribution in [3.05, 3.63) is 0 Å². The Morgan fingerprint density at radius 3 is 2.19 bits per heavy atom. The van der Waals surface area contributed by atoms with E-state index < -0.39 is 0 Å². The van der Waals surface area contributed by atoms with Gasteiger partial charge in [0.1, 0.15) is 6.10 Å². The van der Waals surface area contributed by atoms with Crippen molar-refractivity contribution in [2.75, 3.05) is 13.2 Å². The minimum atomic E-state index is -0.113. The third-order valence-corrected chi connectivity index (χ3v) is 2.33. The Balaban J connectivity index is 2.41. The van der Waals surface area contributed by atoms with E-state index in [1.54, 1.807) is 0 Å². The van der Waals surface area contributed by atoms with E-state index in [2.05, 4.69) is 41.5 Å². The summed E-state index contributed by atoms with van der Waals surface area (Å²) in [6.07, 6.45) is 1.22. The first-order valence-corrected chi connectivity index (χ1v) is 6.11. The van der Waals surface area contributed by atoms with Crippen LogP contribution >= 0.6 is 0 Å². The highest BCUT2D eigenvalue weighted by atomic mass is 16.6. The fraction of sp³-hybridized carbons (Fsp3) is 1.00. The van der Waals surface area contributed by atoms with Gasteiger partial charge in [0.15, 0.2) is 0 Å². The molecule has 1 heterocycles. The van der Waals surface area contributed by atoms with Crippen molar-refractivity contribution in [2.24, 2.45) is 0 Å². The molecule has 1 fully saturated rings. The van der Waals surface area contributed by atoms with Crippen LogP contribution in [-0.4, -0.2) is 36.6 Å². The summed E-state index contributed by atoms with van der Waals surface area (Å²) in [6, 6.07) is 0. The lowest BCUT2D eigenvalue weighted by Gasteiger charge is -2.29. The molecule has 2 atom stereocenters. The normalized spacial score (nSPS) is 27.4. The van der Waals surface area contributed by atoms with E-state index >= 15 is 0 Å². The maximum atomic E-state index is 5.97. The molecule has 1 aliphatic heterocycles. The molecule has 1 rings (SSSR count). The van der Waals surface area contributed by atoms with Crippen molar-refractivity contribution in [2.45, 2.75) is 71.4 Å². The van der Waals surface area contributed by atoms with Gasteiger partial charge in [-0.05, 0) is 48.0 Å². The van der Waals surface area contributed by atoms with Gasteiger partial charge < -0.3 is 14.2 Å². The predicted octanol–water partition coefficient (Wildman–Crippen LogP) is 2.77. The lowest BCUT2D eigenvalue weighted by molar-refractivity contribution is -0.123. The molecule has 0 spiro atoms. The van der Waals surface area contributed by atoms with Crippen molar-refractivity contribution in [1.82, 2.24) is 0 Å². The van der Waals surface area contributed by atoms with Crippen LogP contribution in [0.3, 0.4) is 0 Å². The van der Waals surface area contributed by atoms with E-state index in [4.69, 9.17) is 14.2 Å². The lowest BCUT2D eigenvalue weighted by atomic mass is 10.1. The van der Waals surface area contributed by atoms with E-state index in [1.165, 1.54) is 0 Å². The van der Waals surface area contributed by atoms with Crippen molar-refractivity contribution in [3.63, 3.8) is 0 Å². The summed E-state index contributed by atoms with van der Waals surface area (Å²) in [5.74, 6) is 0. The fourth-order valence-corrected chi connectivity index (χ4v) is 1.71. The van der Waals surface area contributed by atoms with Gasteiger partial charge in [0.05, 0.1) is 23.9 Å². The quantitative estimate of drug-likeness (QED) is 0.746. The SMILES string of the molecule is CC(C)(C)OC[C@H]1OCCC1OC(C)(C)C. The van der Waals surface area contributed by atoms with Crippen molar-refractivity contribution < 1.29 is 14.2 Å². The molecule has 0 aromatic heterocycles. The average molecular weight is 230 g/mol. The summed E-state index contributed by atoms with van der Waals surface area (Å²) < 4.78 is 17.4. The molecule has 1 aliphatic rings. The molecule has 3 nitrogen and oxygen atoms in total. The second-order valence-corrected chi connectivity index (χ2v) is 6.39. The number of hydrogen-bond acceptors (Lipinski definition) is 3. The molecule has 1 unspecified atom stereocenters. The zero-order chi connectivity index (χ0) is 12.4. The summed E-state index contributed by atoms with van der Waals surface area (Å²) in [5, 5.41) is 0. The van der Waals surface area contributed by atoms with Crippen LogP contribution < -0.4 is 0 Å². The highest BCUT2D eigenvalue weighted by molar-refractivity contribution is 4.80. The smallest absolute Gasteiger partial charge is 0.107 e. The Labute approximate surface area is 99.5 Å². The van der Waals surface area contributed by atoms with Crippen LogP contribution in [0.4, 0.5) is 0 Å². The first-order valence-electron chi connectivity index (χ1n) is 6.11. The first-order chi connectivity index (χ1) is 7.17. The summed E-state index contributed by atoms with van der Waals surface area (Å²) in [7, 11) is 0. The molecule has 0 amide bonds. The fourth-order valence-electron chi connectivity index (χ4n) is 1.71. The summed E-state index contributed by atoms with van der Waals surface area (Å²) >= 11 is 0. The van der Waals surface area contributed by atoms with Crippen LogP contribution in [0.5, 0.6) is 0 Å². The summed E-state index contributed by atoms with van der Waals surface area (Å²) in [5.41, 5.74) is -0.226. The van der Waals surface area contributed by atoms with E-state index in [0.717, 1.165) is 13.0 Å². The van der Waals surface area contributed by atoms with Gasteiger partial charge in [-0.25, -0.2) is 0 Å². The Morgan fingerprint density at radius 1 is 1.06 bits per heavy atom. The van der Waals surface area contributed by atoms with Gasteiger partial charge in [-0.15, -0.1) is 0 Å². The van der Waals surface area contributed by atoms with Crippen LogP contribution in [0, 0.1) is 0 Å². The van der Waals surface area contributed by atoms with Crippen LogP contribution in [0.2, 0.25) is 0 Å². The Morgan fingerprint density at radius 2 is 1.69 bits per heavy atom. The zero-order valence-corrected chi connectivity index (χ0v) is 11.5. The topological polar surface area (TPSA) is 27.7 Å². The molecule has 0 aromatic carbocycles. The minimum Gasteiger partial charge on any atom is -0.373 e. The van der Waals surface area contributed by atoms with Crippen molar-refractivity contribution >= 4 is 0 Å². The number of rotatable bonds is 3. The second kappa shape index (κ2) is 5.03. The average Bonchev–Trinajstić information content (AvgIpc) is 2.44. The standard InChI is InChI=1S/C13H26O3/c1-12(2,3)15-9-11-10(7-8-14-11)16-13(4,5)6/h10-11H,7-9H2,1-6H3/t10?,11-/m1/s1.